The van der Waals surface area contributed by atoms with Crippen molar-refractivity contribution in [3.05, 3.63) is 47.3 Å². The van der Waals surface area contributed by atoms with Crippen molar-refractivity contribution in [1.29, 1.82) is 0 Å². The van der Waals surface area contributed by atoms with Gasteiger partial charge in [0, 0.05) is 82.3 Å². The summed E-state index contributed by atoms with van der Waals surface area (Å²) in [6.45, 7) is 8.57. The van der Waals surface area contributed by atoms with Crippen molar-refractivity contribution in [2.45, 2.75) is 32.3 Å². The molecule has 0 radical (unpaired) electrons. The van der Waals surface area contributed by atoms with Crippen LogP contribution in [0.25, 0.3) is 5.70 Å². The summed E-state index contributed by atoms with van der Waals surface area (Å²) in [5, 5.41) is 3.34. The standard InChI is InChI=1S/C24H38N6O/c1-19-15-21(30-12-10-29(11-13-30)18-20(25)8-9-27-2)6-7-23(19)24(26)17-28-16-22-5-3-4-14-31-22/h6-9,15,17,22,28H,3-5,10-14,16,18,25-26H2,1-2H3/b20-8-,24-17-,27-9?. The van der Waals surface area contributed by atoms with Gasteiger partial charge in [-0.2, -0.15) is 0 Å². The molecule has 3 rings (SSSR count). The molecule has 0 aliphatic carbocycles. The third kappa shape index (κ3) is 7.01. The van der Waals surface area contributed by atoms with Crippen LogP contribution < -0.4 is 21.7 Å². The lowest BCUT2D eigenvalue weighted by atomic mass is 10.0. The smallest absolute Gasteiger partial charge is 0.0747 e. The average Bonchev–Trinajstić information content (AvgIpc) is 2.78. The lowest BCUT2D eigenvalue weighted by Gasteiger charge is -2.36. The minimum Gasteiger partial charge on any atom is -0.401 e. The number of rotatable bonds is 8. The first-order valence-electron chi connectivity index (χ1n) is 11.3. The van der Waals surface area contributed by atoms with Crippen molar-refractivity contribution < 1.29 is 4.74 Å². The van der Waals surface area contributed by atoms with Gasteiger partial charge in [-0.1, -0.05) is 6.07 Å². The maximum absolute atomic E-state index is 6.35. The van der Waals surface area contributed by atoms with E-state index < -0.39 is 0 Å². The maximum Gasteiger partial charge on any atom is 0.0747 e. The van der Waals surface area contributed by atoms with E-state index >= 15 is 0 Å². The Labute approximate surface area is 186 Å². The number of nitrogens with two attached hydrogens (primary N) is 2. The molecule has 31 heavy (non-hydrogen) atoms. The van der Waals surface area contributed by atoms with E-state index in [-0.39, 0.29) is 0 Å². The molecule has 5 N–H and O–H groups in total. The molecular formula is C24H38N6O. The molecule has 7 nitrogen and oxygen atoms in total. The summed E-state index contributed by atoms with van der Waals surface area (Å²) in [4.78, 5) is 8.77. The molecule has 0 saturated carbocycles. The van der Waals surface area contributed by atoms with E-state index in [1.165, 1.54) is 24.1 Å². The van der Waals surface area contributed by atoms with Crippen LogP contribution in [0.3, 0.4) is 0 Å². The van der Waals surface area contributed by atoms with Crippen molar-refractivity contribution in [1.82, 2.24) is 10.2 Å². The third-order valence-corrected chi connectivity index (χ3v) is 5.98. The number of nitrogens with one attached hydrogen (secondary N) is 1. The van der Waals surface area contributed by atoms with Crippen molar-refractivity contribution >= 4 is 17.6 Å². The molecule has 1 atom stereocenters. The Hall–Kier alpha value is -2.51. The van der Waals surface area contributed by atoms with Crippen molar-refractivity contribution in [3.63, 3.8) is 0 Å². The zero-order chi connectivity index (χ0) is 22.1. The van der Waals surface area contributed by atoms with E-state index in [0.717, 1.165) is 69.3 Å². The van der Waals surface area contributed by atoms with Gasteiger partial charge in [-0.15, -0.1) is 0 Å². The minimum absolute atomic E-state index is 0.297. The Balaban J connectivity index is 1.51. The van der Waals surface area contributed by atoms with Crippen LogP contribution in [0.5, 0.6) is 0 Å². The number of aliphatic imine (C=N–C) groups is 1. The van der Waals surface area contributed by atoms with Gasteiger partial charge in [0.2, 0.25) is 0 Å². The minimum atomic E-state index is 0.297. The highest BCUT2D eigenvalue weighted by Crippen LogP contribution is 2.23. The third-order valence-electron chi connectivity index (χ3n) is 5.98. The topological polar surface area (TPSA) is 92.1 Å². The maximum atomic E-state index is 6.35. The summed E-state index contributed by atoms with van der Waals surface area (Å²) in [6.07, 6.45) is 9.38. The molecule has 0 spiro atoms. The van der Waals surface area contributed by atoms with E-state index in [2.05, 4.69) is 45.2 Å². The van der Waals surface area contributed by atoms with Gasteiger partial charge in [-0.25, -0.2) is 0 Å². The molecule has 2 saturated heterocycles. The SMILES string of the molecule is CN=C/C=C(\N)CN1CCN(c2ccc(/C(N)=C/NCC3CCCCO3)c(C)c2)CC1. The second-order valence-electron chi connectivity index (χ2n) is 8.41. The van der Waals surface area contributed by atoms with E-state index in [1.54, 1.807) is 13.3 Å². The van der Waals surface area contributed by atoms with Crippen LogP contribution in [0.2, 0.25) is 0 Å². The fourth-order valence-corrected chi connectivity index (χ4v) is 4.16. The Morgan fingerprint density at radius 3 is 2.71 bits per heavy atom. The molecule has 0 amide bonds. The Kier molecular flexibility index (Phi) is 8.79. The van der Waals surface area contributed by atoms with E-state index in [9.17, 15) is 0 Å². The second kappa shape index (κ2) is 11.8. The summed E-state index contributed by atoms with van der Waals surface area (Å²) in [6, 6.07) is 6.54. The van der Waals surface area contributed by atoms with Crippen molar-refractivity contribution in [3.8, 4) is 0 Å². The summed E-state index contributed by atoms with van der Waals surface area (Å²) >= 11 is 0. The number of anilines is 1. The van der Waals surface area contributed by atoms with Crippen LogP contribution in [-0.2, 0) is 4.74 Å². The molecule has 0 aromatic heterocycles. The summed E-state index contributed by atoms with van der Waals surface area (Å²) in [5.41, 5.74) is 17.5. The Bertz CT molecular complexity index is 789. The van der Waals surface area contributed by atoms with Crippen LogP contribution in [0.4, 0.5) is 5.69 Å². The molecule has 1 unspecified atom stereocenters. The zero-order valence-electron chi connectivity index (χ0n) is 19.0. The molecule has 2 aliphatic heterocycles. The number of ether oxygens (including phenoxy) is 1. The van der Waals surface area contributed by atoms with E-state index in [4.69, 9.17) is 16.2 Å². The van der Waals surface area contributed by atoms with Gasteiger partial charge in [0.05, 0.1) is 11.8 Å². The van der Waals surface area contributed by atoms with Gasteiger partial charge in [0.1, 0.15) is 0 Å². The molecule has 1 aromatic carbocycles. The van der Waals surface area contributed by atoms with Gasteiger partial charge in [-0.3, -0.25) is 9.89 Å². The van der Waals surface area contributed by atoms with Crippen LogP contribution in [0.15, 0.2) is 41.2 Å². The first-order valence-corrected chi connectivity index (χ1v) is 11.3. The lowest BCUT2D eigenvalue weighted by Crippen LogP contribution is -2.47. The van der Waals surface area contributed by atoms with Crippen LogP contribution in [0.1, 0.15) is 30.4 Å². The fourth-order valence-electron chi connectivity index (χ4n) is 4.16. The van der Waals surface area contributed by atoms with Crippen LogP contribution in [-0.4, -0.2) is 70.1 Å². The van der Waals surface area contributed by atoms with E-state index in [0.29, 0.717) is 6.10 Å². The molecule has 0 bridgehead atoms. The average molecular weight is 427 g/mol. The molecule has 2 fully saturated rings. The number of hydrogen-bond donors (Lipinski definition) is 3. The number of nitrogens with zero attached hydrogens (tertiary/aromatic N) is 3. The largest absolute Gasteiger partial charge is 0.401 e. The molecular weight excluding hydrogens is 388 g/mol. The number of benzene rings is 1. The highest BCUT2D eigenvalue weighted by molar-refractivity contribution is 5.71. The highest BCUT2D eigenvalue weighted by atomic mass is 16.5. The van der Waals surface area contributed by atoms with Crippen molar-refractivity contribution in [2.75, 3.05) is 57.8 Å². The first kappa shape index (κ1) is 23.2. The number of piperazine rings is 1. The van der Waals surface area contributed by atoms with E-state index in [1.807, 2.05) is 12.3 Å². The summed E-state index contributed by atoms with van der Waals surface area (Å²) in [5.74, 6) is 0. The molecule has 2 aliphatic rings. The normalized spacial score (nSPS) is 21.6. The molecule has 1 aromatic rings. The summed E-state index contributed by atoms with van der Waals surface area (Å²) in [7, 11) is 1.75. The van der Waals surface area contributed by atoms with Crippen LogP contribution in [0, 0.1) is 6.92 Å². The Morgan fingerprint density at radius 1 is 1.23 bits per heavy atom. The summed E-state index contributed by atoms with van der Waals surface area (Å²) < 4.78 is 5.76. The predicted molar refractivity (Wildman–Crippen MR) is 130 cm³/mol. The fraction of sp³-hybridized carbons (Fsp3) is 0.542. The van der Waals surface area contributed by atoms with Crippen molar-refractivity contribution in [2.24, 2.45) is 16.5 Å². The highest BCUT2D eigenvalue weighted by Gasteiger charge is 2.18. The molecule has 170 valence electrons. The zero-order valence-corrected chi connectivity index (χ0v) is 19.0. The van der Waals surface area contributed by atoms with Gasteiger partial charge in [0.25, 0.3) is 0 Å². The number of allylic oxidation sites excluding steroid dienone is 1. The number of aryl methyl sites for hydroxylation is 1. The quantitative estimate of drug-likeness (QED) is 0.551. The predicted octanol–water partition coefficient (Wildman–Crippen LogP) is 2.08. The Morgan fingerprint density at radius 2 is 2.03 bits per heavy atom. The van der Waals surface area contributed by atoms with Gasteiger partial charge < -0.3 is 26.4 Å². The monoisotopic (exact) mass is 426 g/mol. The lowest BCUT2D eigenvalue weighted by molar-refractivity contribution is 0.0188. The molecule has 7 heteroatoms. The molecule has 2 heterocycles. The van der Waals surface area contributed by atoms with Crippen LogP contribution >= 0.6 is 0 Å². The van der Waals surface area contributed by atoms with Gasteiger partial charge in [-0.05, 0) is 50.0 Å². The van der Waals surface area contributed by atoms with Gasteiger partial charge >= 0.3 is 0 Å². The van der Waals surface area contributed by atoms with Gasteiger partial charge in [0.15, 0.2) is 0 Å². The number of hydrogen-bond acceptors (Lipinski definition) is 7. The second-order valence-corrected chi connectivity index (χ2v) is 8.41. The first-order chi connectivity index (χ1) is 15.1.